The Balaban J connectivity index is 2.04. The van der Waals surface area contributed by atoms with Gasteiger partial charge in [-0.3, -0.25) is 13.9 Å². The third-order valence-corrected chi connectivity index (χ3v) is 5.26. The van der Waals surface area contributed by atoms with E-state index in [2.05, 4.69) is 15.6 Å². The monoisotopic (exact) mass is 424 g/mol. The SMILES string of the molecule is CCNCCNc1nc2c(c(=O)n(Cc3ccc(Cl)c(Cl)c3)c(=O)n2C)n1C. The number of aryl methyl sites for hydroxylation is 2. The van der Waals surface area contributed by atoms with E-state index in [4.69, 9.17) is 23.2 Å². The average Bonchev–Trinajstić information content (AvgIpc) is 3.00. The van der Waals surface area contributed by atoms with Gasteiger partial charge in [0.15, 0.2) is 11.2 Å². The fraction of sp³-hybridized carbons (Fsp3) is 0.389. The van der Waals surface area contributed by atoms with Crippen molar-refractivity contribution in [1.29, 1.82) is 0 Å². The van der Waals surface area contributed by atoms with Crippen LogP contribution < -0.4 is 21.9 Å². The lowest BCUT2D eigenvalue weighted by Gasteiger charge is -2.09. The van der Waals surface area contributed by atoms with Crippen molar-refractivity contribution in [3.05, 3.63) is 54.6 Å². The summed E-state index contributed by atoms with van der Waals surface area (Å²) in [5.41, 5.74) is 0.556. The summed E-state index contributed by atoms with van der Waals surface area (Å²) < 4.78 is 4.23. The molecule has 150 valence electrons. The molecule has 0 saturated heterocycles. The Morgan fingerprint density at radius 1 is 1.07 bits per heavy atom. The van der Waals surface area contributed by atoms with Gasteiger partial charge in [0.2, 0.25) is 5.95 Å². The summed E-state index contributed by atoms with van der Waals surface area (Å²) >= 11 is 12.0. The number of nitrogens with one attached hydrogen (secondary N) is 2. The molecule has 8 nitrogen and oxygen atoms in total. The minimum absolute atomic E-state index is 0.0900. The molecule has 3 rings (SSSR count). The van der Waals surface area contributed by atoms with E-state index in [-0.39, 0.29) is 6.54 Å². The summed E-state index contributed by atoms with van der Waals surface area (Å²) in [5, 5.41) is 7.19. The minimum Gasteiger partial charge on any atom is -0.354 e. The Kier molecular flexibility index (Phi) is 6.12. The van der Waals surface area contributed by atoms with Crippen LogP contribution >= 0.6 is 23.2 Å². The number of fused-ring (bicyclic) bond motifs is 1. The van der Waals surface area contributed by atoms with E-state index in [1.807, 2.05) is 6.92 Å². The van der Waals surface area contributed by atoms with Gasteiger partial charge in [-0.25, -0.2) is 4.79 Å². The molecule has 2 aromatic heterocycles. The fourth-order valence-electron chi connectivity index (χ4n) is 3.00. The predicted octanol–water partition coefficient (Wildman–Crippen LogP) is 1.81. The second kappa shape index (κ2) is 8.38. The number of hydrogen-bond acceptors (Lipinski definition) is 5. The first-order valence-corrected chi connectivity index (χ1v) is 9.65. The zero-order valence-corrected chi connectivity index (χ0v) is 17.4. The van der Waals surface area contributed by atoms with Crippen molar-refractivity contribution in [3.63, 3.8) is 0 Å². The van der Waals surface area contributed by atoms with Crippen LogP contribution in [0.1, 0.15) is 12.5 Å². The van der Waals surface area contributed by atoms with Crippen LogP contribution in [-0.2, 0) is 20.6 Å². The Bertz CT molecular complexity index is 1130. The first-order valence-electron chi connectivity index (χ1n) is 8.90. The number of imidazole rings is 1. The Hall–Kier alpha value is -2.29. The second-order valence-electron chi connectivity index (χ2n) is 6.43. The molecule has 0 atom stereocenters. The van der Waals surface area contributed by atoms with Gasteiger partial charge >= 0.3 is 5.69 Å². The standard InChI is InChI=1S/C18H22Cl2N6O2/c1-4-21-7-8-22-17-23-15-14(24(17)2)16(27)26(18(28)25(15)3)10-11-5-6-12(19)13(20)9-11/h5-6,9,21H,4,7-8,10H2,1-3H3,(H,22,23). The summed E-state index contributed by atoms with van der Waals surface area (Å²) in [6.45, 7) is 4.41. The summed E-state index contributed by atoms with van der Waals surface area (Å²) in [6.07, 6.45) is 0. The van der Waals surface area contributed by atoms with Gasteiger partial charge in [-0.05, 0) is 24.2 Å². The van der Waals surface area contributed by atoms with Gasteiger partial charge in [-0.15, -0.1) is 0 Å². The third-order valence-electron chi connectivity index (χ3n) is 4.52. The van der Waals surface area contributed by atoms with Crippen LogP contribution in [0.15, 0.2) is 27.8 Å². The molecule has 0 radical (unpaired) electrons. The van der Waals surface area contributed by atoms with Crippen molar-refractivity contribution in [2.45, 2.75) is 13.5 Å². The molecule has 1 aromatic carbocycles. The van der Waals surface area contributed by atoms with Crippen molar-refractivity contribution in [2.75, 3.05) is 25.0 Å². The number of likely N-dealkylation sites (N-methyl/N-ethyl adjacent to an activating group) is 1. The molecular weight excluding hydrogens is 403 g/mol. The van der Waals surface area contributed by atoms with Crippen LogP contribution in [0.4, 0.5) is 5.95 Å². The van der Waals surface area contributed by atoms with Gasteiger partial charge in [0.1, 0.15) is 0 Å². The summed E-state index contributed by atoms with van der Waals surface area (Å²) in [6, 6.07) is 5.03. The van der Waals surface area contributed by atoms with Crippen LogP contribution in [0, 0.1) is 0 Å². The molecule has 28 heavy (non-hydrogen) atoms. The van der Waals surface area contributed by atoms with Crippen molar-refractivity contribution < 1.29 is 0 Å². The van der Waals surface area contributed by atoms with E-state index >= 15 is 0 Å². The molecule has 0 aliphatic carbocycles. The number of benzene rings is 1. The molecule has 0 aliphatic rings. The lowest BCUT2D eigenvalue weighted by molar-refractivity contribution is 0.655. The van der Waals surface area contributed by atoms with Gasteiger partial charge in [-0.1, -0.05) is 36.2 Å². The van der Waals surface area contributed by atoms with E-state index in [9.17, 15) is 9.59 Å². The minimum atomic E-state index is -0.444. The number of nitrogens with zero attached hydrogens (tertiary/aromatic N) is 4. The van der Waals surface area contributed by atoms with Gasteiger partial charge < -0.3 is 15.2 Å². The fourth-order valence-corrected chi connectivity index (χ4v) is 3.32. The molecule has 10 heteroatoms. The van der Waals surface area contributed by atoms with E-state index in [1.165, 1.54) is 9.13 Å². The molecule has 3 aromatic rings. The van der Waals surface area contributed by atoms with Crippen molar-refractivity contribution >= 4 is 40.3 Å². The second-order valence-corrected chi connectivity index (χ2v) is 7.24. The van der Waals surface area contributed by atoms with Crippen molar-refractivity contribution in [1.82, 2.24) is 24.0 Å². The summed E-state index contributed by atoms with van der Waals surface area (Å²) in [7, 11) is 3.35. The normalized spacial score (nSPS) is 11.3. The molecular formula is C18H22Cl2N6O2. The van der Waals surface area contributed by atoms with Gasteiger partial charge in [0.05, 0.1) is 16.6 Å². The highest BCUT2D eigenvalue weighted by Gasteiger charge is 2.18. The first kappa shape index (κ1) is 20.4. The van der Waals surface area contributed by atoms with Crippen LogP contribution in [0.5, 0.6) is 0 Å². The van der Waals surface area contributed by atoms with Crippen LogP contribution in [-0.4, -0.2) is 38.3 Å². The quantitative estimate of drug-likeness (QED) is 0.564. The van der Waals surface area contributed by atoms with Gasteiger partial charge in [0, 0.05) is 27.2 Å². The number of aromatic nitrogens is 4. The molecule has 2 N–H and O–H groups in total. The van der Waals surface area contributed by atoms with E-state index in [0.717, 1.165) is 13.1 Å². The molecule has 0 aliphatic heterocycles. The highest BCUT2D eigenvalue weighted by atomic mass is 35.5. The summed E-state index contributed by atoms with van der Waals surface area (Å²) in [4.78, 5) is 30.3. The highest BCUT2D eigenvalue weighted by Crippen LogP contribution is 2.22. The van der Waals surface area contributed by atoms with Crippen molar-refractivity contribution in [3.8, 4) is 0 Å². The van der Waals surface area contributed by atoms with E-state index < -0.39 is 11.2 Å². The average molecular weight is 425 g/mol. The zero-order valence-electron chi connectivity index (χ0n) is 15.9. The highest BCUT2D eigenvalue weighted by molar-refractivity contribution is 6.42. The first-order chi connectivity index (χ1) is 13.3. The van der Waals surface area contributed by atoms with Crippen LogP contribution in [0.3, 0.4) is 0 Å². The largest absolute Gasteiger partial charge is 0.354 e. The number of anilines is 1. The molecule has 0 bridgehead atoms. The molecule has 0 saturated carbocycles. The van der Waals surface area contributed by atoms with Gasteiger partial charge in [0.25, 0.3) is 5.56 Å². The number of rotatable bonds is 7. The Morgan fingerprint density at radius 2 is 1.82 bits per heavy atom. The molecule has 0 spiro atoms. The van der Waals surface area contributed by atoms with Crippen molar-refractivity contribution in [2.24, 2.45) is 14.1 Å². The molecule has 0 fully saturated rings. The Morgan fingerprint density at radius 3 is 2.50 bits per heavy atom. The zero-order chi connectivity index (χ0) is 20.4. The smallest absolute Gasteiger partial charge is 0.332 e. The van der Waals surface area contributed by atoms with E-state index in [0.29, 0.717) is 39.3 Å². The number of halogens is 2. The van der Waals surface area contributed by atoms with E-state index in [1.54, 1.807) is 36.9 Å². The maximum absolute atomic E-state index is 13.1. The molecule has 0 amide bonds. The lowest BCUT2D eigenvalue weighted by Crippen LogP contribution is -2.39. The predicted molar refractivity (Wildman–Crippen MR) is 113 cm³/mol. The third kappa shape index (κ3) is 3.80. The van der Waals surface area contributed by atoms with Crippen LogP contribution in [0.2, 0.25) is 10.0 Å². The lowest BCUT2D eigenvalue weighted by atomic mass is 10.2. The maximum Gasteiger partial charge on any atom is 0.332 e. The summed E-state index contributed by atoms with van der Waals surface area (Å²) in [5.74, 6) is 0.535. The topological polar surface area (TPSA) is 85.9 Å². The Labute approximate surface area is 171 Å². The number of hydrogen-bond donors (Lipinski definition) is 2. The maximum atomic E-state index is 13.1. The van der Waals surface area contributed by atoms with Crippen LogP contribution in [0.25, 0.3) is 11.2 Å². The van der Waals surface area contributed by atoms with Gasteiger partial charge in [-0.2, -0.15) is 4.98 Å². The molecule has 0 unspecified atom stereocenters. The molecule has 2 heterocycles.